The molecular weight excluding hydrogens is 262 g/mol. The van der Waals surface area contributed by atoms with E-state index in [0.717, 1.165) is 32.1 Å². The Bertz CT molecular complexity index is 402. The van der Waals surface area contributed by atoms with E-state index in [2.05, 4.69) is 34.8 Å². The Morgan fingerprint density at radius 2 is 2.10 bits per heavy atom. The molecule has 0 aromatic carbocycles. The molecule has 1 aliphatic rings. The first-order valence-electron chi connectivity index (χ1n) is 8.07. The van der Waals surface area contributed by atoms with Gasteiger partial charge in [0.25, 0.3) is 0 Å². The van der Waals surface area contributed by atoms with Crippen molar-refractivity contribution >= 4 is 0 Å². The van der Waals surface area contributed by atoms with E-state index in [1.807, 2.05) is 25.4 Å². The molecule has 1 saturated heterocycles. The van der Waals surface area contributed by atoms with Gasteiger partial charge in [0, 0.05) is 31.5 Å². The predicted octanol–water partition coefficient (Wildman–Crippen LogP) is 2.17. The highest BCUT2D eigenvalue weighted by molar-refractivity contribution is 5.12. The minimum absolute atomic E-state index is 0.213. The molecule has 2 unspecified atom stereocenters. The van der Waals surface area contributed by atoms with Gasteiger partial charge < -0.3 is 10.0 Å². The topological polar surface area (TPSA) is 39.6 Å². The van der Waals surface area contributed by atoms with Gasteiger partial charge in [-0.25, -0.2) is 0 Å². The van der Waals surface area contributed by atoms with Gasteiger partial charge >= 0.3 is 0 Å². The molecule has 1 N–H and O–H groups in total. The number of aromatic nitrogens is 1. The Kier molecular flexibility index (Phi) is 6.15. The highest BCUT2D eigenvalue weighted by Gasteiger charge is 2.22. The molecule has 0 radical (unpaired) electrons. The molecule has 21 heavy (non-hydrogen) atoms. The Morgan fingerprint density at radius 3 is 2.67 bits per heavy atom. The number of hydrogen-bond acceptors (Lipinski definition) is 4. The number of pyridine rings is 1. The Hall–Kier alpha value is -0.970. The highest BCUT2D eigenvalue weighted by Crippen LogP contribution is 2.23. The van der Waals surface area contributed by atoms with Crippen LogP contribution < -0.4 is 0 Å². The summed E-state index contributed by atoms with van der Waals surface area (Å²) in [4.78, 5) is 9.03. The smallest absolute Gasteiger partial charge is 0.0639 e. The molecule has 0 amide bonds. The molecule has 1 aromatic rings. The van der Waals surface area contributed by atoms with Gasteiger partial charge in [0.05, 0.1) is 6.10 Å². The molecule has 4 heteroatoms. The van der Waals surface area contributed by atoms with Crippen molar-refractivity contribution in [2.75, 3.05) is 33.2 Å². The average molecular weight is 291 g/mol. The largest absolute Gasteiger partial charge is 0.392 e. The maximum absolute atomic E-state index is 9.46. The molecule has 1 aliphatic heterocycles. The van der Waals surface area contributed by atoms with E-state index in [-0.39, 0.29) is 6.10 Å². The lowest BCUT2D eigenvalue weighted by molar-refractivity contribution is 0.0886. The van der Waals surface area contributed by atoms with Crippen LogP contribution in [0.5, 0.6) is 0 Å². The summed E-state index contributed by atoms with van der Waals surface area (Å²) in [6, 6.07) is 4.57. The third-order valence-electron chi connectivity index (χ3n) is 4.60. The molecule has 0 spiro atoms. The third kappa shape index (κ3) is 5.06. The van der Waals surface area contributed by atoms with Crippen molar-refractivity contribution in [1.29, 1.82) is 0 Å². The van der Waals surface area contributed by atoms with Crippen LogP contribution >= 0.6 is 0 Å². The lowest BCUT2D eigenvalue weighted by atomic mass is 9.95. The maximum atomic E-state index is 9.46. The minimum Gasteiger partial charge on any atom is -0.392 e. The molecular formula is C17H29N3O. The van der Waals surface area contributed by atoms with E-state index >= 15 is 0 Å². The summed E-state index contributed by atoms with van der Waals surface area (Å²) in [6.07, 6.45) is 6.04. The summed E-state index contributed by atoms with van der Waals surface area (Å²) in [5.74, 6) is 0.763. The number of aliphatic hydroxyl groups excluding tert-OH is 1. The summed E-state index contributed by atoms with van der Waals surface area (Å²) >= 11 is 0. The van der Waals surface area contributed by atoms with Gasteiger partial charge in [0.2, 0.25) is 0 Å². The summed E-state index contributed by atoms with van der Waals surface area (Å²) in [5, 5.41) is 9.46. The van der Waals surface area contributed by atoms with Crippen molar-refractivity contribution in [3.8, 4) is 0 Å². The van der Waals surface area contributed by atoms with Crippen LogP contribution in [0, 0.1) is 5.92 Å². The minimum atomic E-state index is -0.213. The van der Waals surface area contributed by atoms with E-state index in [4.69, 9.17) is 0 Å². The fourth-order valence-corrected chi connectivity index (χ4v) is 3.17. The Balaban J connectivity index is 1.78. The van der Waals surface area contributed by atoms with Crippen molar-refractivity contribution in [2.24, 2.45) is 5.92 Å². The van der Waals surface area contributed by atoms with E-state index in [1.165, 1.54) is 18.4 Å². The summed E-state index contributed by atoms with van der Waals surface area (Å²) in [6.45, 7) is 8.30. The monoisotopic (exact) mass is 291 g/mol. The molecule has 2 rings (SSSR count). The molecule has 0 aliphatic carbocycles. The Morgan fingerprint density at radius 1 is 1.38 bits per heavy atom. The number of aliphatic hydroxyl groups is 1. The first kappa shape index (κ1) is 16.4. The lowest BCUT2D eigenvalue weighted by Crippen LogP contribution is -2.41. The van der Waals surface area contributed by atoms with Gasteiger partial charge in [0.1, 0.15) is 0 Å². The molecule has 2 atom stereocenters. The fourth-order valence-electron chi connectivity index (χ4n) is 3.17. The highest BCUT2D eigenvalue weighted by atomic mass is 16.3. The molecule has 2 heterocycles. The average Bonchev–Trinajstić information content (AvgIpc) is 2.49. The van der Waals surface area contributed by atoms with Crippen LogP contribution in [-0.4, -0.2) is 59.2 Å². The molecule has 1 aromatic heterocycles. The Labute approximate surface area is 128 Å². The fraction of sp³-hybridized carbons (Fsp3) is 0.706. The van der Waals surface area contributed by atoms with Crippen LogP contribution in [0.1, 0.15) is 38.3 Å². The van der Waals surface area contributed by atoms with Crippen molar-refractivity contribution in [1.82, 2.24) is 14.8 Å². The van der Waals surface area contributed by atoms with Gasteiger partial charge in [-0.05, 0) is 64.4 Å². The van der Waals surface area contributed by atoms with Crippen molar-refractivity contribution in [2.45, 2.75) is 38.8 Å². The summed E-state index contributed by atoms with van der Waals surface area (Å²) in [7, 11) is 2.21. The second-order valence-corrected chi connectivity index (χ2v) is 6.49. The standard InChI is InChI=1S/C17H29N3O/c1-14(21)12-20-9-6-16(7-10-20)13-19(3)15(2)17-5-4-8-18-11-17/h4-5,8,11,14-16,21H,6-7,9-10,12-13H2,1-3H3. The van der Waals surface area contributed by atoms with Crippen LogP contribution in [0.3, 0.4) is 0 Å². The first-order chi connectivity index (χ1) is 10.1. The van der Waals surface area contributed by atoms with Crippen molar-refractivity contribution in [3.63, 3.8) is 0 Å². The predicted molar refractivity (Wildman–Crippen MR) is 86.1 cm³/mol. The SMILES string of the molecule is CC(O)CN1CCC(CN(C)C(C)c2cccnc2)CC1. The van der Waals surface area contributed by atoms with Crippen molar-refractivity contribution < 1.29 is 5.11 Å². The van der Waals surface area contributed by atoms with E-state index < -0.39 is 0 Å². The van der Waals surface area contributed by atoms with E-state index in [9.17, 15) is 5.11 Å². The second kappa shape index (κ2) is 7.87. The normalized spacial score (nSPS) is 20.6. The van der Waals surface area contributed by atoms with Crippen LogP contribution in [0.2, 0.25) is 0 Å². The van der Waals surface area contributed by atoms with Crippen LogP contribution in [0.4, 0.5) is 0 Å². The number of likely N-dealkylation sites (tertiary alicyclic amines) is 1. The first-order valence-corrected chi connectivity index (χ1v) is 8.07. The van der Waals surface area contributed by atoms with Crippen LogP contribution in [0.15, 0.2) is 24.5 Å². The van der Waals surface area contributed by atoms with Gasteiger partial charge in [-0.15, -0.1) is 0 Å². The summed E-state index contributed by atoms with van der Waals surface area (Å²) < 4.78 is 0. The van der Waals surface area contributed by atoms with Crippen LogP contribution in [0.25, 0.3) is 0 Å². The maximum Gasteiger partial charge on any atom is 0.0639 e. The zero-order valence-corrected chi connectivity index (χ0v) is 13.6. The quantitative estimate of drug-likeness (QED) is 0.872. The lowest BCUT2D eigenvalue weighted by Gasteiger charge is -2.36. The third-order valence-corrected chi connectivity index (χ3v) is 4.60. The number of hydrogen-bond donors (Lipinski definition) is 1. The summed E-state index contributed by atoms with van der Waals surface area (Å²) in [5.41, 5.74) is 1.28. The number of rotatable bonds is 6. The van der Waals surface area contributed by atoms with Gasteiger partial charge in [-0.1, -0.05) is 6.07 Å². The molecule has 0 saturated carbocycles. The van der Waals surface area contributed by atoms with E-state index in [1.54, 1.807) is 0 Å². The van der Waals surface area contributed by atoms with Gasteiger partial charge in [0.15, 0.2) is 0 Å². The molecule has 118 valence electrons. The van der Waals surface area contributed by atoms with E-state index in [0.29, 0.717) is 6.04 Å². The zero-order chi connectivity index (χ0) is 15.2. The molecule has 4 nitrogen and oxygen atoms in total. The molecule has 1 fully saturated rings. The van der Waals surface area contributed by atoms with Gasteiger partial charge in [-0.2, -0.15) is 0 Å². The van der Waals surface area contributed by atoms with Crippen LogP contribution in [-0.2, 0) is 0 Å². The second-order valence-electron chi connectivity index (χ2n) is 6.49. The molecule has 0 bridgehead atoms. The number of piperidine rings is 1. The zero-order valence-electron chi connectivity index (χ0n) is 13.6. The number of β-amino-alcohol motifs (C(OH)–C–C–N with tert-alkyl or cyclic N) is 1. The van der Waals surface area contributed by atoms with Gasteiger partial charge in [-0.3, -0.25) is 9.88 Å². The number of nitrogens with zero attached hydrogens (tertiary/aromatic N) is 3. The van der Waals surface area contributed by atoms with Crippen molar-refractivity contribution in [3.05, 3.63) is 30.1 Å².